The molecule has 2 fully saturated rings. The minimum absolute atomic E-state index is 0.327. The van der Waals surface area contributed by atoms with Crippen molar-refractivity contribution < 1.29 is 4.79 Å². The normalized spacial score (nSPS) is 30.5. The van der Waals surface area contributed by atoms with E-state index in [1.807, 2.05) is 0 Å². The summed E-state index contributed by atoms with van der Waals surface area (Å²) in [4.78, 5) is 14.8. The molecule has 4 heteroatoms. The molecule has 0 N–H and O–H groups in total. The predicted octanol–water partition coefficient (Wildman–Crippen LogP) is 2.05. The Morgan fingerprint density at radius 1 is 1.32 bits per heavy atom. The molecule has 1 aromatic rings. The summed E-state index contributed by atoms with van der Waals surface area (Å²) in [5.41, 5.74) is 0. The van der Waals surface area contributed by atoms with Crippen molar-refractivity contribution >= 4 is 36.9 Å². The molecule has 0 spiro atoms. The molecular formula is C15H18ClNOSe. The van der Waals surface area contributed by atoms with Crippen LogP contribution in [0.3, 0.4) is 0 Å². The molecule has 2 aliphatic rings. The van der Waals surface area contributed by atoms with Crippen molar-refractivity contribution in [1.82, 2.24) is 4.90 Å². The van der Waals surface area contributed by atoms with Crippen LogP contribution in [-0.2, 0) is 4.79 Å². The van der Waals surface area contributed by atoms with Gasteiger partial charge in [0.15, 0.2) is 0 Å². The first kappa shape index (κ1) is 13.5. The van der Waals surface area contributed by atoms with Crippen molar-refractivity contribution in [2.24, 2.45) is 5.92 Å². The second-order valence-electron chi connectivity index (χ2n) is 5.31. The molecule has 0 unspecified atom stereocenters. The number of amides is 1. The Hall–Kier alpha value is -0.501. The van der Waals surface area contributed by atoms with Crippen LogP contribution in [-0.4, -0.2) is 44.2 Å². The van der Waals surface area contributed by atoms with Crippen LogP contribution >= 0.6 is 11.6 Å². The molecule has 0 bridgehead atoms. The molecule has 3 atom stereocenters. The average Bonchev–Trinajstić information content (AvgIpc) is 2.93. The van der Waals surface area contributed by atoms with Gasteiger partial charge in [0.25, 0.3) is 0 Å². The van der Waals surface area contributed by atoms with Gasteiger partial charge in [-0.3, -0.25) is 0 Å². The predicted molar refractivity (Wildman–Crippen MR) is 79.1 cm³/mol. The number of piperidine rings is 1. The number of hydrogen-bond acceptors (Lipinski definition) is 1. The van der Waals surface area contributed by atoms with Gasteiger partial charge in [-0.1, -0.05) is 0 Å². The molecule has 102 valence electrons. The number of halogens is 1. The van der Waals surface area contributed by atoms with E-state index in [9.17, 15) is 4.79 Å². The fourth-order valence-corrected chi connectivity index (χ4v) is 6.78. The summed E-state index contributed by atoms with van der Waals surface area (Å²) in [5, 5.41) is 0. The number of alkyl halides is 1. The second kappa shape index (κ2) is 5.87. The van der Waals surface area contributed by atoms with Gasteiger partial charge in [0.1, 0.15) is 0 Å². The van der Waals surface area contributed by atoms with E-state index in [2.05, 4.69) is 35.2 Å². The van der Waals surface area contributed by atoms with Gasteiger partial charge >= 0.3 is 125 Å². The van der Waals surface area contributed by atoms with E-state index < -0.39 is 0 Å². The quantitative estimate of drug-likeness (QED) is 0.608. The zero-order valence-corrected chi connectivity index (χ0v) is 13.3. The van der Waals surface area contributed by atoms with Gasteiger partial charge in [0.2, 0.25) is 0 Å². The number of benzene rings is 1. The molecular weight excluding hydrogens is 325 g/mol. The maximum atomic E-state index is 12.1. The Balaban J connectivity index is 1.82. The van der Waals surface area contributed by atoms with Crippen LogP contribution < -0.4 is 4.46 Å². The van der Waals surface area contributed by atoms with Crippen molar-refractivity contribution in [2.45, 2.75) is 30.1 Å². The van der Waals surface area contributed by atoms with E-state index in [1.165, 1.54) is 10.9 Å². The van der Waals surface area contributed by atoms with Crippen LogP contribution in [0.1, 0.15) is 19.3 Å². The summed E-state index contributed by atoms with van der Waals surface area (Å²) in [6.07, 6.45) is 2.98. The first-order valence-corrected chi connectivity index (χ1v) is 9.24. The third-order valence-electron chi connectivity index (χ3n) is 4.11. The summed E-state index contributed by atoms with van der Waals surface area (Å²) < 4.78 is 1.43. The van der Waals surface area contributed by atoms with Crippen LogP contribution in [0.2, 0.25) is 4.82 Å². The van der Waals surface area contributed by atoms with Gasteiger partial charge in [-0.15, -0.1) is 0 Å². The SMILES string of the molecule is O=C1C[C@H](CCl)[C@@H]([Se]c2ccccc2)[C@@H]2CCCN12. The molecule has 2 heterocycles. The van der Waals surface area contributed by atoms with Crippen LogP contribution in [0.25, 0.3) is 0 Å². The Kier molecular flexibility index (Phi) is 4.16. The third kappa shape index (κ3) is 2.69. The molecule has 19 heavy (non-hydrogen) atoms. The number of fused-ring (bicyclic) bond motifs is 1. The first-order valence-electron chi connectivity index (χ1n) is 6.86. The molecule has 0 saturated carbocycles. The van der Waals surface area contributed by atoms with E-state index in [4.69, 9.17) is 11.6 Å². The molecule has 0 radical (unpaired) electrons. The zero-order chi connectivity index (χ0) is 13.2. The molecule has 3 rings (SSSR count). The van der Waals surface area contributed by atoms with Gasteiger partial charge in [0, 0.05) is 0 Å². The number of rotatable bonds is 3. The summed E-state index contributed by atoms with van der Waals surface area (Å²) in [6.45, 7) is 0.958. The summed E-state index contributed by atoms with van der Waals surface area (Å²) in [7, 11) is 0. The van der Waals surface area contributed by atoms with Crippen molar-refractivity contribution in [3.8, 4) is 0 Å². The average molecular weight is 343 g/mol. The molecule has 2 nitrogen and oxygen atoms in total. The van der Waals surface area contributed by atoms with Crippen molar-refractivity contribution in [2.75, 3.05) is 12.4 Å². The zero-order valence-electron chi connectivity index (χ0n) is 10.8. The van der Waals surface area contributed by atoms with Crippen molar-refractivity contribution in [3.63, 3.8) is 0 Å². The van der Waals surface area contributed by atoms with Gasteiger partial charge < -0.3 is 0 Å². The number of hydrogen-bond donors (Lipinski definition) is 0. The fraction of sp³-hybridized carbons (Fsp3) is 0.533. The van der Waals surface area contributed by atoms with Gasteiger partial charge in [-0.2, -0.15) is 0 Å². The molecule has 0 aromatic heterocycles. The molecule has 0 aliphatic carbocycles. The van der Waals surface area contributed by atoms with E-state index in [-0.39, 0.29) is 0 Å². The first-order chi connectivity index (χ1) is 9.29. The topological polar surface area (TPSA) is 20.3 Å². The fourth-order valence-electron chi connectivity index (χ4n) is 3.19. The summed E-state index contributed by atoms with van der Waals surface area (Å²) in [6, 6.07) is 11.1. The summed E-state index contributed by atoms with van der Waals surface area (Å²) in [5.74, 6) is 1.32. The van der Waals surface area contributed by atoms with E-state index in [0.29, 0.717) is 49.9 Å². The standard InChI is InChI=1S/C15H18ClNOSe/c16-10-11-9-14(18)17-8-4-7-13(17)15(11)19-12-5-2-1-3-6-12/h1-3,5-6,11,13,15H,4,7-10H2/t11-,13+,15-/m1/s1. The van der Waals surface area contributed by atoms with E-state index in [1.54, 1.807) is 0 Å². The van der Waals surface area contributed by atoms with Crippen molar-refractivity contribution in [1.29, 1.82) is 0 Å². The van der Waals surface area contributed by atoms with Gasteiger partial charge in [-0.05, 0) is 0 Å². The number of carbonyl (C=O) groups is 1. The van der Waals surface area contributed by atoms with Gasteiger partial charge in [-0.25, -0.2) is 0 Å². The van der Waals surface area contributed by atoms with E-state index >= 15 is 0 Å². The van der Waals surface area contributed by atoms with Crippen molar-refractivity contribution in [3.05, 3.63) is 30.3 Å². The third-order valence-corrected chi connectivity index (χ3v) is 7.69. The van der Waals surface area contributed by atoms with Crippen LogP contribution in [0.4, 0.5) is 0 Å². The molecule has 1 amide bonds. The summed E-state index contributed by atoms with van der Waals surface area (Å²) >= 11 is 6.55. The molecule has 2 aliphatic heterocycles. The van der Waals surface area contributed by atoms with E-state index in [0.717, 1.165) is 13.0 Å². The maximum absolute atomic E-state index is 12.1. The minimum atomic E-state index is 0.327. The van der Waals surface area contributed by atoms with Crippen LogP contribution in [0.5, 0.6) is 0 Å². The Morgan fingerprint density at radius 2 is 2.11 bits per heavy atom. The Bertz CT molecular complexity index is 453. The number of carbonyl (C=O) groups excluding carboxylic acids is 1. The van der Waals surface area contributed by atoms with Crippen LogP contribution in [0.15, 0.2) is 30.3 Å². The monoisotopic (exact) mass is 343 g/mol. The Morgan fingerprint density at radius 3 is 2.84 bits per heavy atom. The van der Waals surface area contributed by atoms with Gasteiger partial charge in [0.05, 0.1) is 0 Å². The molecule has 2 saturated heterocycles. The number of nitrogens with zero attached hydrogens (tertiary/aromatic N) is 1. The molecule has 1 aromatic carbocycles. The second-order valence-corrected chi connectivity index (χ2v) is 8.24. The Labute approximate surface area is 125 Å². The van der Waals surface area contributed by atoms with Crippen LogP contribution in [0, 0.1) is 5.92 Å².